The van der Waals surface area contributed by atoms with Crippen molar-refractivity contribution in [1.82, 2.24) is 0 Å². The minimum absolute atomic E-state index is 0.168. The molecule has 0 saturated heterocycles. The van der Waals surface area contributed by atoms with Crippen molar-refractivity contribution in [1.29, 1.82) is 5.41 Å². The maximum Gasteiger partial charge on any atom is 0.146 e. The van der Waals surface area contributed by atoms with Gasteiger partial charge in [0.05, 0.1) is 4.22 Å². The summed E-state index contributed by atoms with van der Waals surface area (Å²) in [5.41, 5.74) is 4.96. The molecule has 0 aromatic carbocycles. The number of aliphatic imine (C=N–C) groups is 1. The second-order valence-electron chi connectivity index (χ2n) is 0.971. The number of nitrogens with zero attached hydrogens (tertiary/aromatic N) is 1. The highest BCUT2D eigenvalue weighted by atomic mass is 127. The van der Waals surface area contributed by atoms with E-state index in [0.29, 0.717) is 0 Å². The van der Waals surface area contributed by atoms with Gasteiger partial charge in [0.15, 0.2) is 0 Å². The standard InChI is InChI=1S/C4H6IN3/c5-3-8-4(7)1-2-6/h1-3,7H,6H2. The van der Waals surface area contributed by atoms with Crippen LogP contribution in [0.2, 0.25) is 0 Å². The lowest BCUT2D eigenvalue weighted by atomic mass is 10.6. The van der Waals surface area contributed by atoms with Crippen molar-refractivity contribution in [3.63, 3.8) is 0 Å². The quantitative estimate of drug-likeness (QED) is 0.387. The van der Waals surface area contributed by atoms with Crippen molar-refractivity contribution in [2.45, 2.75) is 0 Å². The minimum Gasteiger partial charge on any atom is -0.404 e. The predicted molar refractivity (Wildman–Crippen MR) is 43.6 cm³/mol. The van der Waals surface area contributed by atoms with E-state index in [2.05, 4.69) is 4.99 Å². The zero-order valence-corrected chi connectivity index (χ0v) is 6.29. The third-order valence-corrected chi connectivity index (χ3v) is 0.721. The van der Waals surface area contributed by atoms with Gasteiger partial charge in [-0.2, -0.15) is 0 Å². The number of hydrogen-bond acceptors (Lipinski definition) is 2. The molecule has 0 aliphatic rings. The summed E-state index contributed by atoms with van der Waals surface area (Å²) >= 11 is 1.94. The molecule has 3 nitrogen and oxygen atoms in total. The lowest BCUT2D eigenvalue weighted by molar-refractivity contribution is 1.46. The zero-order chi connectivity index (χ0) is 6.41. The molecule has 0 aliphatic heterocycles. The van der Waals surface area contributed by atoms with Crippen LogP contribution in [0.4, 0.5) is 0 Å². The van der Waals surface area contributed by atoms with E-state index in [1.807, 2.05) is 22.6 Å². The topological polar surface area (TPSA) is 62.2 Å². The van der Waals surface area contributed by atoms with Gasteiger partial charge in [-0.05, 0) is 34.9 Å². The molecule has 0 spiro atoms. The molecule has 0 radical (unpaired) electrons. The molecule has 0 aliphatic carbocycles. The molecule has 4 heteroatoms. The van der Waals surface area contributed by atoms with Gasteiger partial charge < -0.3 is 5.73 Å². The zero-order valence-electron chi connectivity index (χ0n) is 4.13. The van der Waals surface area contributed by atoms with Crippen LogP contribution in [0.15, 0.2) is 17.3 Å². The van der Waals surface area contributed by atoms with Crippen molar-refractivity contribution >= 4 is 32.6 Å². The van der Waals surface area contributed by atoms with Crippen LogP contribution in [0.1, 0.15) is 0 Å². The van der Waals surface area contributed by atoms with E-state index in [1.165, 1.54) is 16.5 Å². The Morgan fingerprint density at radius 1 is 1.75 bits per heavy atom. The molecule has 0 atom stereocenters. The van der Waals surface area contributed by atoms with Gasteiger partial charge in [0.1, 0.15) is 5.84 Å². The normalized spacial score (nSPS) is 11.1. The van der Waals surface area contributed by atoms with Crippen LogP contribution in [0.5, 0.6) is 0 Å². The molecule has 0 amide bonds. The number of nitrogens with one attached hydrogen (secondary N) is 1. The fourth-order valence-corrected chi connectivity index (χ4v) is 0.487. The Morgan fingerprint density at radius 2 is 2.38 bits per heavy atom. The third-order valence-electron chi connectivity index (χ3n) is 0.442. The molecular formula is C4H6IN3. The van der Waals surface area contributed by atoms with Crippen LogP contribution in [0.3, 0.4) is 0 Å². The Morgan fingerprint density at radius 3 is 2.75 bits per heavy atom. The van der Waals surface area contributed by atoms with E-state index >= 15 is 0 Å². The molecule has 0 aromatic heterocycles. The molecule has 8 heavy (non-hydrogen) atoms. The number of amidine groups is 1. The van der Waals surface area contributed by atoms with Crippen LogP contribution >= 0.6 is 22.6 Å². The average molecular weight is 223 g/mol. The maximum absolute atomic E-state index is 6.92. The first-order valence-electron chi connectivity index (χ1n) is 1.91. The van der Waals surface area contributed by atoms with Gasteiger partial charge in [-0.25, -0.2) is 4.99 Å². The van der Waals surface area contributed by atoms with E-state index < -0.39 is 0 Å². The molecule has 0 bridgehead atoms. The Hall–Kier alpha value is -0.390. The lowest BCUT2D eigenvalue weighted by Crippen LogP contribution is -1.86. The summed E-state index contributed by atoms with van der Waals surface area (Å²) in [6, 6.07) is 0. The monoisotopic (exact) mass is 223 g/mol. The van der Waals surface area contributed by atoms with Crippen molar-refractivity contribution in [2.75, 3.05) is 0 Å². The summed E-state index contributed by atoms with van der Waals surface area (Å²) < 4.78 is 1.51. The van der Waals surface area contributed by atoms with Gasteiger partial charge in [-0.1, -0.05) is 0 Å². The average Bonchev–Trinajstić information content (AvgIpc) is 1.68. The minimum atomic E-state index is 0.168. The SMILES string of the molecule is N=C(C=CN)N=CI. The second kappa shape index (κ2) is 4.76. The van der Waals surface area contributed by atoms with Gasteiger partial charge in [-0.3, -0.25) is 5.41 Å². The van der Waals surface area contributed by atoms with Crippen molar-refractivity contribution in [3.05, 3.63) is 12.3 Å². The fraction of sp³-hybridized carbons (Fsp3) is 0. The number of halogens is 1. The van der Waals surface area contributed by atoms with Crippen molar-refractivity contribution in [3.8, 4) is 0 Å². The van der Waals surface area contributed by atoms with Crippen molar-refractivity contribution < 1.29 is 0 Å². The first kappa shape index (κ1) is 7.61. The van der Waals surface area contributed by atoms with Gasteiger partial charge in [0.2, 0.25) is 0 Å². The number of hydrogen-bond donors (Lipinski definition) is 2. The van der Waals surface area contributed by atoms with E-state index in [1.54, 1.807) is 0 Å². The van der Waals surface area contributed by atoms with E-state index in [9.17, 15) is 0 Å². The summed E-state index contributed by atoms with van der Waals surface area (Å²) in [7, 11) is 0. The lowest BCUT2D eigenvalue weighted by Gasteiger charge is -1.79. The second-order valence-corrected chi connectivity index (χ2v) is 1.53. The Bertz CT molecular complexity index is 113. The van der Waals surface area contributed by atoms with Crippen molar-refractivity contribution in [2.24, 2.45) is 10.7 Å². The summed E-state index contributed by atoms with van der Waals surface area (Å²) in [6.07, 6.45) is 2.70. The molecule has 0 aromatic rings. The Balaban J connectivity index is 3.66. The Kier molecular flexibility index (Phi) is 4.53. The fourth-order valence-electron chi connectivity index (χ4n) is 0.187. The van der Waals surface area contributed by atoms with Crippen LogP contribution in [-0.2, 0) is 0 Å². The highest BCUT2D eigenvalue weighted by Gasteiger charge is 1.76. The summed E-state index contributed by atoms with van der Waals surface area (Å²) in [5, 5.41) is 6.92. The molecular weight excluding hydrogens is 217 g/mol. The predicted octanol–water partition coefficient (Wildman–Crippen LogP) is 0.899. The molecule has 0 rings (SSSR count). The van der Waals surface area contributed by atoms with E-state index in [0.717, 1.165) is 0 Å². The van der Waals surface area contributed by atoms with Crippen LogP contribution in [0, 0.1) is 5.41 Å². The molecule has 0 fully saturated rings. The largest absolute Gasteiger partial charge is 0.404 e. The van der Waals surface area contributed by atoms with E-state index in [-0.39, 0.29) is 5.84 Å². The van der Waals surface area contributed by atoms with Gasteiger partial charge in [0.25, 0.3) is 0 Å². The van der Waals surface area contributed by atoms with Gasteiger partial charge in [-0.15, -0.1) is 0 Å². The first-order chi connectivity index (χ1) is 3.81. The molecule has 0 saturated carbocycles. The molecule has 3 N–H and O–H groups in total. The number of rotatable bonds is 1. The third kappa shape index (κ3) is 3.79. The first-order valence-corrected chi connectivity index (χ1v) is 3.15. The smallest absolute Gasteiger partial charge is 0.146 e. The number of nitrogens with two attached hydrogens (primary N) is 1. The van der Waals surface area contributed by atoms with Crippen LogP contribution < -0.4 is 5.73 Å². The molecule has 0 unspecified atom stereocenters. The molecule has 0 heterocycles. The van der Waals surface area contributed by atoms with Gasteiger partial charge in [0, 0.05) is 0 Å². The highest BCUT2D eigenvalue weighted by Crippen LogP contribution is 1.78. The molecule has 44 valence electrons. The van der Waals surface area contributed by atoms with Gasteiger partial charge >= 0.3 is 0 Å². The highest BCUT2D eigenvalue weighted by molar-refractivity contribution is 14.1. The Labute approximate surface area is 61.3 Å². The summed E-state index contributed by atoms with van der Waals surface area (Å²) in [4.78, 5) is 3.59. The summed E-state index contributed by atoms with van der Waals surface area (Å²) in [5.74, 6) is 0.168. The van der Waals surface area contributed by atoms with Crippen LogP contribution in [0.25, 0.3) is 0 Å². The summed E-state index contributed by atoms with van der Waals surface area (Å²) in [6.45, 7) is 0. The van der Waals surface area contributed by atoms with Crippen LogP contribution in [-0.4, -0.2) is 10.1 Å². The van der Waals surface area contributed by atoms with E-state index in [4.69, 9.17) is 11.1 Å². The maximum atomic E-state index is 6.92.